The normalized spacial score (nSPS) is 22.7. The summed E-state index contributed by atoms with van der Waals surface area (Å²) in [4.78, 5) is 0. The van der Waals surface area contributed by atoms with Crippen LogP contribution in [0.15, 0.2) is 35.5 Å². The molecule has 0 saturated heterocycles. The average molecular weight is 148 g/mol. The topological polar surface area (TPSA) is 0 Å². The molecule has 1 aliphatic carbocycles. The third-order valence-electron chi connectivity index (χ3n) is 2.05. The molecule has 0 aliphatic heterocycles. The van der Waals surface area contributed by atoms with Crippen molar-refractivity contribution in [2.45, 2.75) is 33.1 Å². The van der Waals surface area contributed by atoms with Crippen molar-refractivity contribution in [1.29, 1.82) is 0 Å². The van der Waals surface area contributed by atoms with Gasteiger partial charge in [0.2, 0.25) is 0 Å². The molecule has 11 heavy (non-hydrogen) atoms. The van der Waals surface area contributed by atoms with E-state index in [2.05, 4.69) is 38.2 Å². The van der Waals surface area contributed by atoms with Crippen molar-refractivity contribution < 1.29 is 0 Å². The molecule has 0 atom stereocenters. The maximum atomic E-state index is 2.31. The van der Waals surface area contributed by atoms with E-state index in [9.17, 15) is 0 Å². The SMILES string of the molecule is CC=CC1=CC(=CC)CCC1. The molecular weight excluding hydrogens is 132 g/mol. The first-order valence-corrected chi connectivity index (χ1v) is 4.35. The monoisotopic (exact) mass is 148 g/mol. The highest BCUT2D eigenvalue weighted by atomic mass is 14.1. The van der Waals surface area contributed by atoms with Gasteiger partial charge in [-0.15, -0.1) is 0 Å². The average Bonchev–Trinajstić information content (AvgIpc) is 2.06. The van der Waals surface area contributed by atoms with Gasteiger partial charge in [-0.1, -0.05) is 29.9 Å². The Hall–Kier alpha value is -0.780. The molecule has 0 heteroatoms. The molecule has 0 aromatic carbocycles. The summed E-state index contributed by atoms with van der Waals surface area (Å²) in [5.41, 5.74) is 2.97. The Morgan fingerprint density at radius 3 is 2.73 bits per heavy atom. The molecule has 0 saturated carbocycles. The van der Waals surface area contributed by atoms with Gasteiger partial charge < -0.3 is 0 Å². The van der Waals surface area contributed by atoms with E-state index in [1.165, 1.54) is 30.4 Å². The van der Waals surface area contributed by atoms with Crippen molar-refractivity contribution in [3.8, 4) is 0 Å². The van der Waals surface area contributed by atoms with Gasteiger partial charge in [0, 0.05) is 0 Å². The number of rotatable bonds is 1. The van der Waals surface area contributed by atoms with Crippen molar-refractivity contribution >= 4 is 0 Å². The number of allylic oxidation sites excluding steroid dienone is 6. The van der Waals surface area contributed by atoms with Gasteiger partial charge in [0.15, 0.2) is 0 Å². The van der Waals surface area contributed by atoms with E-state index in [-0.39, 0.29) is 0 Å². The van der Waals surface area contributed by atoms with Crippen molar-refractivity contribution in [2.75, 3.05) is 0 Å². The molecule has 0 N–H and O–H groups in total. The fourth-order valence-corrected chi connectivity index (χ4v) is 1.45. The molecular formula is C11H16. The smallest absolute Gasteiger partial charge is 0.0276 e. The Bertz CT molecular complexity index is 204. The summed E-state index contributed by atoms with van der Waals surface area (Å²) >= 11 is 0. The Labute approximate surface area is 69.3 Å². The summed E-state index contributed by atoms with van der Waals surface area (Å²) < 4.78 is 0. The van der Waals surface area contributed by atoms with Crippen molar-refractivity contribution in [3.05, 3.63) is 35.5 Å². The molecule has 0 amide bonds. The van der Waals surface area contributed by atoms with Crippen molar-refractivity contribution in [2.24, 2.45) is 0 Å². The molecule has 0 radical (unpaired) electrons. The van der Waals surface area contributed by atoms with Crippen LogP contribution in [0, 0.1) is 0 Å². The second-order valence-electron chi connectivity index (χ2n) is 2.94. The molecule has 0 unspecified atom stereocenters. The summed E-state index contributed by atoms with van der Waals surface area (Å²) in [5, 5.41) is 0. The molecule has 0 aromatic rings. The highest BCUT2D eigenvalue weighted by Crippen LogP contribution is 2.22. The van der Waals surface area contributed by atoms with E-state index in [0.29, 0.717) is 0 Å². The fourth-order valence-electron chi connectivity index (χ4n) is 1.45. The first-order chi connectivity index (χ1) is 5.36. The van der Waals surface area contributed by atoms with Gasteiger partial charge in [-0.05, 0) is 38.7 Å². The minimum absolute atomic E-state index is 1.25. The highest BCUT2D eigenvalue weighted by Gasteiger charge is 2.02. The molecule has 0 bridgehead atoms. The van der Waals surface area contributed by atoms with Gasteiger partial charge in [0.05, 0.1) is 0 Å². The van der Waals surface area contributed by atoms with Crippen molar-refractivity contribution in [1.82, 2.24) is 0 Å². The summed E-state index contributed by atoms with van der Waals surface area (Å²) in [7, 11) is 0. The molecule has 1 rings (SSSR count). The lowest BCUT2D eigenvalue weighted by atomic mass is 9.95. The predicted molar refractivity (Wildman–Crippen MR) is 50.5 cm³/mol. The molecule has 0 nitrogen and oxygen atoms in total. The largest absolute Gasteiger partial charge is 0.0874 e. The zero-order valence-corrected chi connectivity index (χ0v) is 7.43. The lowest BCUT2D eigenvalue weighted by molar-refractivity contribution is 0.796. The van der Waals surface area contributed by atoms with Gasteiger partial charge in [0.25, 0.3) is 0 Å². The van der Waals surface area contributed by atoms with Gasteiger partial charge in [0.1, 0.15) is 0 Å². The van der Waals surface area contributed by atoms with Crippen LogP contribution in [0.3, 0.4) is 0 Å². The van der Waals surface area contributed by atoms with Crippen LogP contribution in [0.2, 0.25) is 0 Å². The minimum Gasteiger partial charge on any atom is -0.0874 e. The second kappa shape index (κ2) is 4.17. The maximum Gasteiger partial charge on any atom is -0.0276 e. The Morgan fingerprint density at radius 1 is 1.27 bits per heavy atom. The lowest BCUT2D eigenvalue weighted by Crippen LogP contribution is -1.91. The Kier molecular flexibility index (Phi) is 3.15. The third kappa shape index (κ3) is 2.38. The summed E-state index contributed by atoms with van der Waals surface area (Å²) in [5.74, 6) is 0. The summed E-state index contributed by atoms with van der Waals surface area (Å²) in [6.07, 6.45) is 12.7. The first-order valence-electron chi connectivity index (χ1n) is 4.35. The molecule has 0 heterocycles. The van der Waals surface area contributed by atoms with E-state index in [1.807, 2.05) is 0 Å². The van der Waals surface area contributed by atoms with Gasteiger partial charge in [-0.25, -0.2) is 0 Å². The molecule has 60 valence electrons. The highest BCUT2D eigenvalue weighted by molar-refractivity contribution is 5.32. The van der Waals surface area contributed by atoms with Gasteiger partial charge in [-0.2, -0.15) is 0 Å². The molecule has 1 aliphatic rings. The summed E-state index contributed by atoms with van der Waals surface area (Å²) in [6, 6.07) is 0. The van der Waals surface area contributed by atoms with E-state index in [0.717, 1.165) is 0 Å². The van der Waals surface area contributed by atoms with Crippen LogP contribution in [0.4, 0.5) is 0 Å². The van der Waals surface area contributed by atoms with Crippen LogP contribution in [0.25, 0.3) is 0 Å². The van der Waals surface area contributed by atoms with Gasteiger partial charge in [-0.3, -0.25) is 0 Å². The zero-order valence-electron chi connectivity index (χ0n) is 7.43. The molecule has 0 aromatic heterocycles. The molecule has 0 spiro atoms. The van der Waals surface area contributed by atoms with E-state index in [4.69, 9.17) is 0 Å². The minimum atomic E-state index is 1.25. The van der Waals surface area contributed by atoms with E-state index < -0.39 is 0 Å². The lowest BCUT2D eigenvalue weighted by Gasteiger charge is -2.11. The number of hydrogen-bond donors (Lipinski definition) is 0. The van der Waals surface area contributed by atoms with Crippen LogP contribution >= 0.6 is 0 Å². The number of hydrogen-bond acceptors (Lipinski definition) is 0. The van der Waals surface area contributed by atoms with E-state index >= 15 is 0 Å². The first kappa shape index (κ1) is 8.32. The van der Waals surface area contributed by atoms with Crippen molar-refractivity contribution in [3.63, 3.8) is 0 Å². The van der Waals surface area contributed by atoms with Crippen LogP contribution in [0.5, 0.6) is 0 Å². The fraction of sp³-hybridized carbons (Fsp3) is 0.455. The van der Waals surface area contributed by atoms with Gasteiger partial charge >= 0.3 is 0 Å². The standard InChI is InChI=1S/C11H16/c1-3-6-11-8-5-7-10(4-2)9-11/h3-4,6,9H,5,7-8H2,1-2H3. The molecule has 0 fully saturated rings. The Balaban J connectivity index is 2.72. The maximum absolute atomic E-state index is 2.31. The van der Waals surface area contributed by atoms with E-state index in [1.54, 1.807) is 0 Å². The van der Waals surface area contributed by atoms with Crippen LogP contribution in [0.1, 0.15) is 33.1 Å². The third-order valence-corrected chi connectivity index (χ3v) is 2.05. The van der Waals surface area contributed by atoms with Crippen LogP contribution in [-0.4, -0.2) is 0 Å². The predicted octanol–water partition coefficient (Wildman–Crippen LogP) is 3.62. The summed E-state index contributed by atoms with van der Waals surface area (Å²) in [6.45, 7) is 4.19. The zero-order chi connectivity index (χ0) is 8.10. The van der Waals surface area contributed by atoms with Crippen LogP contribution < -0.4 is 0 Å². The van der Waals surface area contributed by atoms with Crippen LogP contribution in [-0.2, 0) is 0 Å². The quantitative estimate of drug-likeness (QED) is 0.532. The second-order valence-corrected chi connectivity index (χ2v) is 2.94. The Morgan fingerprint density at radius 2 is 2.09 bits per heavy atom.